The average Bonchev–Trinajstić information content (AvgIpc) is 3.92. The number of halogens is 2. The Balaban J connectivity index is 0.787. The number of aryl methyl sites for hydroxylation is 2. The number of aromatic nitrogens is 6. The van der Waals surface area contributed by atoms with Gasteiger partial charge in [0.25, 0.3) is 6.43 Å². The van der Waals surface area contributed by atoms with Crippen molar-refractivity contribution in [3.63, 3.8) is 0 Å². The number of alkyl halides is 2. The van der Waals surface area contributed by atoms with Crippen molar-refractivity contribution in [1.29, 1.82) is 0 Å². The molecular formula is C41H55F2N9O5. The Kier molecular flexibility index (Phi) is 11.9. The van der Waals surface area contributed by atoms with Gasteiger partial charge in [-0.2, -0.15) is 10.2 Å². The standard InChI is InChI=1S/C41H55F2N9O5/c1-48-38-27(6-4-9-31(38)51(41(48)56)32-15-16-36(54)46-40(32)55)7-5-23-57-29-18-21-49(22-19-29)24-26-11-13-28(14-12-26)50-25-33(37(47-50)39(42)43)52-35(17-20-44-52)45-30-8-2-3-10-34(30)53/h4,6,9,17,20,25-26,28-30,32,34,39,45,53H,2-3,5,7-8,10-16,18-19,21-24H2,1H3,(H,46,54,55)/t26?,28?,30-,32?,34+/m1/s1. The summed E-state index contributed by atoms with van der Waals surface area (Å²) in [7, 11) is 1.73. The molecule has 8 rings (SSSR count). The predicted octanol–water partition coefficient (Wildman–Crippen LogP) is 5.20. The van der Waals surface area contributed by atoms with Crippen LogP contribution in [0.4, 0.5) is 14.6 Å². The Bertz CT molecular complexity index is 2090. The van der Waals surface area contributed by atoms with Crippen molar-refractivity contribution in [3.8, 4) is 5.69 Å². The molecule has 4 aromatic rings. The van der Waals surface area contributed by atoms with E-state index in [1.54, 1.807) is 34.8 Å². The van der Waals surface area contributed by atoms with Crippen LogP contribution in [-0.4, -0.2) is 95.0 Å². The number of imidazole rings is 1. The lowest BCUT2D eigenvalue weighted by Crippen LogP contribution is -2.44. The first kappa shape index (κ1) is 39.4. The average molecular weight is 792 g/mol. The second-order valence-corrected chi connectivity index (χ2v) is 16.5. The zero-order valence-corrected chi connectivity index (χ0v) is 32.7. The summed E-state index contributed by atoms with van der Waals surface area (Å²) >= 11 is 0. The smallest absolute Gasteiger partial charge is 0.329 e. The van der Waals surface area contributed by atoms with E-state index in [2.05, 4.69) is 25.7 Å². The number of para-hydroxylation sites is 1. The van der Waals surface area contributed by atoms with Gasteiger partial charge in [-0.1, -0.05) is 25.0 Å². The summed E-state index contributed by atoms with van der Waals surface area (Å²) in [6, 6.07) is 6.78. The van der Waals surface area contributed by atoms with E-state index in [0.29, 0.717) is 30.3 Å². The van der Waals surface area contributed by atoms with Gasteiger partial charge >= 0.3 is 5.69 Å². The molecule has 3 N–H and O–H groups in total. The fourth-order valence-electron chi connectivity index (χ4n) is 9.66. The summed E-state index contributed by atoms with van der Waals surface area (Å²) in [6.07, 6.45) is 11.7. The van der Waals surface area contributed by atoms with Gasteiger partial charge in [0.2, 0.25) is 11.8 Å². The number of rotatable bonds is 13. The molecule has 2 saturated heterocycles. The van der Waals surface area contributed by atoms with E-state index < -0.39 is 24.5 Å². The second-order valence-electron chi connectivity index (χ2n) is 16.5. The third kappa shape index (κ3) is 8.44. The van der Waals surface area contributed by atoms with Crippen LogP contribution in [0.5, 0.6) is 0 Å². The summed E-state index contributed by atoms with van der Waals surface area (Å²) in [5.74, 6) is 0.398. The molecule has 2 saturated carbocycles. The fourth-order valence-corrected chi connectivity index (χ4v) is 9.66. The molecule has 0 bridgehead atoms. The van der Waals surface area contributed by atoms with E-state index in [9.17, 15) is 28.3 Å². The van der Waals surface area contributed by atoms with Crippen LogP contribution in [0.1, 0.15) is 113 Å². The number of aliphatic hydroxyl groups is 1. The lowest BCUT2D eigenvalue weighted by atomic mass is 9.85. The maximum Gasteiger partial charge on any atom is 0.329 e. The van der Waals surface area contributed by atoms with Gasteiger partial charge in [0.1, 0.15) is 17.5 Å². The normalized spacial score (nSPS) is 25.4. The Hall–Kier alpha value is -4.41. The molecule has 308 valence electrons. The molecule has 14 nitrogen and oxygen atoms in total. The Labute approximate surface area is 330 Å². The molecule has 3 atom stereocenters. The molecule has 1 unspecified atom stereocenters. The highest BCUT2D eigenvalue weighted by atomic mass is 19.3. The molecule has 16 heteroatoms. The van der Waals surface area contributed by atoms with Crippen molar-refractivity contribution in [1.82, 2.24) is 38.9 Å². The highest BCUT2D eigenvalue weighted by Gasteiger charge is 2.33. The van der Waals surface area contributed by atoms with Crippen LogP contribution in [0, 0.1) is 5.92 Å². The maximum atomic E-state index is 14.3. The minimum atomic E-state index is -2.74. The van der Waals surface area contributed by atoms with Gasteiger partial charge in [0.15, 0.2) is 5.69 Å². The van der Waals surface area contributed by atoms with Crippen LogP contribution in [0.3, 0.4) is 0 Å². The first-order chi connectivity index (χ1) is 27.6. The van der Waals surface area contributed by atoms with Gasteiger partial charge in [0.05, 0.1) is 47.7 Å². The zero-order chi connectivity index (χ0) is 39.6. The molecule has 57 heavy (non-hydrogen) atoms. The van der Waals surface area contributed by atoms with E-state index in [1.807, 2.05) is 18.2 Å². The second kappa shape index (κ2) is 17.2. The highest BCUT2D eigenvalue weighted by molar-refractivity contribution is 6.00. The quantitative estimate of drug-likeness (QED) is 0.123. The lowest BCUT2D eigenvalue weighted by molar-refractivity contribution is -0.135. The minimum Gasteiger partial charge on any atom is -0.391 e. The van der Waals surface area contributed by atoms with Crippen molar-refractivity contribution in [2.75, 3.05) is 31.6 Å². The lowest BCUT2D eigenvalue weighted by Gasteiger charge is -2.36. The van der Waals surface area contributed by atoms with Crippen LogP contribution in [0.25, 0.3) is 16.7 Å². The van der Waals surface area contributed by atoms with Crippen LogP contribution < -0.4 is 16.3 Å². The number of ether oxygens (including phenoxy) is 1. The summed E-state index contributed by atoms with van der Waals surface area (Å²) in [5, 5.41) is 25.0. The number of benzene rings is 1. The van der Waals surface area contributed by atoms with E-state index in [-0.39, 0.29) is 47.6 Å². The van der Waals surface area contributed by atoms with Crippen LogP contribution in [0.15, 0.2) is 41.5 Å². The molecule has 0 radical (unpaired) electrons. The predicted molar refractivity (Wildman–Crippen MR) is 210 cm³/mol. The monoisotopic (exact) mass is 791 g/mol. The SMILES string of the molecule is Cn1c(=O)n(C2CCC(=O)NC2=O)c2cccc(CCCOC3CCN(CC4CCC(n5cc(-n6nccc6N[C@@H]6CCCC[C@@H]6O)c(C(F)F)n5)CC4)CC3)c21. The molecular weight excluding hydrogens is 737 g/mol. The molecule has 2 aliphatic carbocycles. The van der Waals surface area contributed by atoms with Crippen LogP contribution in [0.2, 0.25) is 0 Å². The number of anilines is 1. The van der Waals surface area contributed by atoms with E-state index in [1.165, 1.54) is 9.25 Å². The number of amides is 2. The van der Waals surface area contributed by atoms with Crippen molar-refractivity contribution in [2.24, 2.45) is 13.0 Å². The number of aliphatic hydroxyl groups excluding tert-OH is 1. The Morgan fingerprint density at radius 1 is 1.00 bits per heavy atom. The Morgan fingerprint density at radius 3 is 2.54 bits per heavy atom. The van der Waals surface area contributed by atoms with Gasteiger partial charge in [-0.3, -0.25) is 28.7 Å². The summed E-state index contributed by atoms with van der Waals surface area (Å²) in [4.78, 5) is 40.1. The summed E-state index contributed by atoms with van der Waals surface area (Å²) in [5.41, 5.74) is 2.30. The summed E-state index contributed by atoms with van der Waals surface area (Å²) < 4.78 is 41.3. The van der Waals surface area contributed by atoms with Gasteiger partial charge in [-0.15, -0.1) is 0 Å². The number of nitrogens with one attached hydrogen (secondary N) is 2. The number of likely N-dealkylation sites (tertiary alicyclic amines) is 1. The van der Waals surface area contributed by atoms with Gasteiger partial charge in [0, 0.05) is 45.8 Å². The Morgan fingerprint density at radius 2 is 1.79 bits per heavy atom. The minimum absolute atomic E-state index is 0.0564. The number of piperidine rings is 2. The first-order valence-corrected chi connectivity index (χ1v) is 20.9. The fraction of sp³-hybridized carbons (Fsp3) is 0.634. The van der Waals surface area contributed by atoms with Crippen molar-refractivity contribution >= 4 is 28.7 Å². The van der Waals surface area contributed by atoms with Gasteiger partial charge in [-0.25, -0.2) is 18.3 Å². The van der Waals surface area contributed by atoms with E-state index in [0.717, 1.165) is 108 Å². The molecule has 4 fully saturated rings. The van der Waals surface area contributed by atoms with Gasteiger partial charge < -0.3 is 20.1 Å². The molecule has 3 aromatic heterocycles. The number of nitrogens with zero attached hydrogens (tertiary/aromatic N) is 7. The molecule has 4 aliphatic rings. The van der Waals surface area contributed by atoms with Gasteiger partial charge in [-0.05, 0) is 88.2 Å². The van der Waals surface area contributed by atoms with Crippen LogP contribution >= 0.6 is 0 Å². The van der Waals surface area contributed by atoms with Crippen molar-refractivity contribution in [3.05, 3.63) is 58.4 Å². The van der Waals surface area contributed by atoms with Crippen molar-refractivity contribution < 1.29 is 28.2 Å². The third-order valence-electron chi connectivity index (χ3n) is 12.8. The third-order valence-corrected chi connectivity index (χ3v) is 12.8. The molecule has 2 aliphatic heterocycles. The number of imide groups is 1. The highest BCUT2D eigenvalue weighted by Crippen LogP contribution is 2.36. The number of carbonyl (C=O) groups excluding carboxylic acids is 2. The number of hydrogen-bond acceptors (Lipinski definition) is 9. The number of hydrogen-bond donors (Lipinski definition) is 3. The molecule has 0 spiro atoms. The maximum absolute atomic E-state index is 14.3. The van der Waals surface area contributed by atoms with Crippen LogP contribution in [-0.2, 0) is 27.8 Å². The van der Waals surface area contributed by atoms with E-state index >= 15 is 0 Å². The zero-order valence-electron chi connectivity index (χ0n) is 32.7. The summed E-state index contributed by atoms with van der Waals surface area (Å²) in [6.45, 7) is 3.62. The molecule has 5 heterocycles. The van der Waals surface area contributed by atoms with Crippen molar-refractivity contribution in [2.45, 2.75) is 127 Å². The number of carbonyl (C=O) groups is 2. The largest absolute Gasteiger partial charge is 0.391 e. The topological polar surface area (TPSA) is 153 Å². The molecule has 2 amide bonds. The van der Waals surface area contributed by atoms with E-state index in [4.69, 9.17) is 4.74 Å². The molecule has 1 aromatic carbocycles. The first-order valence-electron chi connectivity index (χ1n) is 20.9. The number of fused-ring (bicyclic) bond motifs is 1.